The van der Waals surface area contributed by atoms with Crippen molar-refractivity contribution in [3.8, 4) is 0 Å². The molecular weight excluding hydrogens is 373 g/mol. The maximum Gasteiger partial charge on any atom is 0.272 e. The summed E-state index contributed by atoms with van der Waals surface area (Å²) in [5.41, 5.74) is 0.104. The topological polar surface area (TPSA) is 74.8 Å². The van der Waals surface area contributed by atoms with Crippen LogP contribution in [-0.2, 0) is 5.41 Å². The maximum atomic E-state index is 12.7. The zero-order valence-electron chi connectivity index (χ0n) is 14.3. The van der Waals surface area contributed by atoms with Gasteiger partial charge >= 0.3 is 0 Å². The fraction of sp³-hybridized carbons (Fsp3) is 0.211. The SMILES string of the molecule is CC(C)(CNC(=O)c1n[nH]c(=O)c2ccccc12)c1c(Cl)cccc1Cl. The average molecular weight is 390 g/mol. The molecule has 0 spiro atoms. The molecule has 26 heavy (non-hydrogen) atoms. The number of benzene rings is 2. The number of nitrogens with one attached hydrogen (secondary N) is 2. The van der Waals surface area contributed by atoms with Gasteiger partial charge < -0.3 is 5.32 Å². The third-order valence-electron chi connectivity index (χ3n) is 4.24. The fourth-order valence-electron chi connectivity index (χ4n) is 2.91. The number of hydrogen-bond acceptors (Lipinski definition) is 3. The molecule has 0 unspecified atom stereocenters. The Morgan fingerprint density at radius 3 is 2.35 bits per heavy atom. The van der Waals surface area contributed by atoms with Crippen LogP contribution in [0.2, 0.25) is 10.0 Å². The van der Waals surface area contributed by atoms with E-state index in [1.54, 1.807) is 42.5 Å². The number of hydrogen-bond donors (Lipinski definition) is 2. The largest absolute Gasteiger partial charge is 0.350 e. The van der Waals surface area contributed by atoms with E-state index in [4.69, 9.17) is 23.2 Å². The predicted octanol–water partition coefficient (Wildman–Crippen LogP) is 3.94. The van der Waals surface area contributed by atoms with Crippen molar-refractivity contribution >= 4 is 39.9 Å². The number of H-pyrrole nitrogens is 1. The van der Waals surface area contributed by atoms with E-state index in [0.717, 1.165) is 5.56 Å². The Bertz CT molecular complexity index is 1020. The van der Waals surface area contributed by atoms with Gasteiger partial charge in [0.1, 0.15) is 0 Å². The second kappa shape index (κ2) is 7.09. The van der Waals surface area contributed by atoms with E-state index in [1.165, 1.54) is 0 Å². The second-order valence-electron chi connectivity index (χ2n) is 6.61. The normalized spacial score (nSPS) is 11.5. The molecule has 0 saturated carbocycles. The molecule has 134 valence electrons. The van der Waals surface area contributed by atoms with Gasteiger partial charge in [-0.25, -0.2) is 5.10 Å². The van der Waals surface area contributed by atoms with Crippen LogP contribution in [0, 0.1) is 0 Å². The van der Waals surface area contributed by atoms with Crippen molar-refractivity contribution in [3.05, 3.63) is 74.1 Å². The summed E-state index contributed by atoms with van der Waals surface area (Å²) in [6.07, 6.45) is 0. The van der Waals surface area contributed by atoms with Gasteiger partial charge in [-0.3, -0.25) is 9.59 Å². The van der Waals surface area contributed by atoms with Gasteiger partial charge in [0, 0.05) is 27.4 Å². The molecular formula is C19H17Cl2N3O2. The fourth-order valence-corrected chi connectivity index (χ4v) is 3.81. The molecule has 0 aliphatic rings. The molecule has 0 fully saturated rings. The number of halogens is 2. The molecule has 1 aromatic heterocycles. The summed E-state index contributed by atoms with van der Waals surface area (Å²) in [5.74, 6) is -0.381. The number of rotatable bonds is 4. The summed E-state index contributed by atoms with van der Waals surface area (Å²) >= 11 is 12.6. The van der Waals surface area contributed by atoms with Crippen LogP contribution in [0.1, 0.15) is 29.9 Å². The number of amides is 1. The molecule has 0 saturated heterocycles. The van der Waals surface area contributed by atoms with E-state index in [-0.39, 0.29) is 17.2 Å². The smallest absolute Gasteiger partial charge is 0.272 e. The summed E-state index contributed by atoms with van der Waals surface area (Å²) in [5, 5.41) is 11.1. The first-order valence-corrected chi connectivity index (χ1v) is 8.77. The maximum absolute atomic E-state index is 12.7. The van der Waals surface area contributed by atoms with Crippen molar-refractivity contribution < 1.29 is 4.79 Å². The first kappa shape index (κ1) is 18.4. The van der Waals surface area contributed by atoms with Crippen LogP contribution in [0.3, 0.4) is 0 Å². The van der Waals surface area contributed by atoms with E-state index in [2.05, 4.69) is 15.5 Å². The van der Waals surface area contributed by atoms with Crippen LogP contribution in [0.15, 0.2) is 47.3 Å². The highest BCUT2D eigenvalue weighted by Crippen LogP contribution is 2.35. The summed E-state index contributed by atoms with van der Waals surface area (Å²) in [6.45, 7) is 4.18. The zero-order valence-corrected chi connectivity index (χ0v) is 15.8. The molecule has 0 radical (unpaired) electrons. The molecule has 0 aliphatic carbocycles. The van der Waals surface area contributed by atoms with E-state index in [0.29, 0.717) is 27.4 Å². The Morgan fingerprint density at radius 1 is 1.08 bits per heavy atom. The van der Waals surface area contributed by atoms with Gasteiger partial charge in [-0.15, -0.1) is 0 Å². The van der Waals surface area contributed by atoms with Gasteiger partial charge in [0.2, 0.25) is 0 Å². The molecule has 1 amide bonds. The molecule has 7 heteroatoms. The Balaban J connectivity index is 1.88. The van der Waals surface area contributed by atoms with Gasteiger partial charge in [0.05, 0.1) is 5.39 Å². The number of aromatic amines is 1. The molecule has 5 nitrogen and oxygen atoms in total. The minimum atomic E-state index is -0.497. The molecule has 1 heterocycles. The molecule has 0 atom stereocenters. The van der Waals surface area contributed by atoms with Gasteiger partial charge in [-0.05, 0) is 23.8 Å². The lowest BCUT2D eigenvalue weighted by molar-refractivity contribution is 0.0941. The van der Waals surface area contributed by atoms with Crippen molar-refractivity contribution in [3.63, 3.8) is 0 Å². The molecule has 0 bridgehead atoms. The van der Waals surface area contributed by atoms with Crippen LogP contribution in [0.4, 0.5) is 0 Å². The van der Waals surface area contributed by atoms with Gasteiger partial charge in [-0.1, -0.05) is 61.3 Å². The van der Waals surface area contributed by atoms with Crippen LogP contribution in [0.5, 0.6) is 0 Å². The number of aromatic nitrogens is 2. The second-order valence-corrected chi connectivity index (χ2v) is 7.42. The van der Waals surface area contributed by atoms with Crippen molar-refractivity contribution in [2.24, 2.45) is 0 Å². The first-order chi connectivity index (χ1) is 12.3. The van der Waals surface area contributed by atoms with Gasteiger partial charge in [0.15, 0.2) is 5.69 Å². The van der Waals surface area contributed by atoms with E-state index >= 15 is 0 Å². The number of carbonyl (C=O) groups excluding carboxylic acids is 1. The summed E-state index contributed by atoms with van der Waals surface area (Å²) in [4.78, 5) is 24.5. The van der Waals surface area contributed by atoms with Crippen LogP contribution in [-0.4, -0.2) is 22.6 Å². The van der Waals surface area contributed by atoms with Crippen molar-refractivity contribution in [1.29, 1.82) is 0 Å². The Morgan fingerprint density at radius 2 is 1.69 bits per heavy atom. The van der Waals surface area contributed by atoms with Crippen molar-refractivity contribution in [1.82, 2.24) is 15.5 Å². The first-order valence-electron chi connectivity index (χ1n) is 8.01. The Labute approximate surface area is 160 Å². The molecule has 3 rings (SSSR count). The van der Waals surface area contributed by atoms with Gasteiger partial charge in [-0.2, -0.15) is 5.10 Å². The lowest BCUT2D eigenvalue weighted by Gasteiger charge is -2.27. The number of fused-ring (bicyclic) bond motifs is 1. The summed E-state index contributed by atoms with van der Waals surface area (Å²) in [7, 11) is 0. The highest BCUT2D eigenvalue weighted by Gasteiger charge is 2.27. The van der Waals surface area contributed by atoms with Crippen molar-refractivity contribution in [2.75, 3.05) is 6.54 Å². The molecule has 2 N–H and O–H groups in total. The van der Waals surface area contributed by atoms with E-state index < -0.39 is 5.41 Å². The third-order valence-corrected chi connectivity index (χ3v) is 4.87. The average Bonchev–Trinajstić information content (AvgIpc) is 2.60. The highest BCUT2D eigenvalue weighted by molar-refractivity contribution is 6.36. The Kier molecular flexibility index (Phi) is 5.03. The lowest BCUT2D eigenvalue weighted by Crippen LogP contribution is -2.37. The Hall–Kier alpha value is -2.37. The lowest BCUT2D eigenvalue weighted by atomic mass is 9.84. The highest BCUT2D eigenvalue weighted by atomic mass is 35.5. The predicted molar refractivity (Wildman–Crippen MR) is 104 cm³/mol. The van der Waals surface area contributed by atoms with Crippen LogP contribution < -0.4 is 10.9 Å². The quantitative estimate of drug-likeness (QED) is 0.709. The third kappa shape index (κ3) is 3.45. The zero-order chi connectivity index (χ0) is 18.9. The van der Waals surface area contributed by atoms with Crippen LogP contribution >= 0.6 is 23.2 Å². The molecule has 3 aromatic rings. The van der Waals surface area contributed by atoms with E-state index in [1.807, 2.05) is 13.8 Å². The minimum Gasteiger partial charge on any atom is -0.350 e. The standard InChI is InChI=1S/C19H17Cl2N3O2/c1-19(2,15-13(20)8-5-9-14(15)21)10-22-18(26)16-11-6-3-4-7-12(11)17(25)24-23-16/h3-9H,10H2,1-2H3,(H,22,26)(H,24,25). The number of nitrogens with zero attached hydrogens (tertiary/aromatic N) is 1. The molecule has 2 aromatic carbocycles. The minimum absolute atomic E-state index is 0.168. The van der Waals surface area contributed by atoms with Gasteiger partial charge in [0.25, 0.3) is 11.5 Å². The molecule has 0 aliphatic heterocycles. The van der Waals surface area contributed by atoms with E-state index in [9.17, 15) is 9.59 Å². The summed E-state index contributed by atoms with van der Waals surface area (Å²) in [6, 6.07) is 12.2. The van der Waals surface area contributed by atoms with Crippen LogP contribution in [0.25, 0.3) is 10.8 Å². The summed E-state index contributed by atoms with van der Waals surface area (Å²) < 4.78 is 0. The number of carbonyl (C=O) groups is 1. The monoisotopic (exact) mass is 389 g/mol. The van der Waals surface area contributed by atoms with Crippen molar-refractivity contribution in [2.45, 2.75) is 19.3 Å².